The fraction of sp³-hybridized carbons (Fsp3) is 0.591. The molecule has 1 aliphatic rings. The molecular formula is C22H30F3N3O3S. The molecule has 0 bridgehead atoms. The minimum atomic E-state index is -4.83. The fourth-order valence-electron chi connectivity index (χ4n) is 3.89. The van der Waals surface area contributed by atoms with Crippen LogP contribution < -0.4 is 5.73 Å². The molecule has 1 heterocycles. The zero-order valence-electron chi connectivity index (χ0n) is 18.1. The summed E-state index contributed by atoms with van der Waals surface area (Å²) >= 11 is 0.861. The van der Waals surface area contributed by atoms with E-state index in [4.69, 9.17) is 5.73 Å². The van der Waals surface area contributed by atoms with Gasteiger partial charge in [0.15, 0.2) is 0 Å². The lowest BCUT2D eigenvalue weighted by molar-refractivity contribution is -0.167. The van der Waals surface area contributed by atoms with Gasteiger partial charge in [0.1, 0.15) is 6.04 Å². The van der Waals surface area contributed by atoms with E-state index in [-0.39, 0.29) is 18.1 Å². The SMILES string of the molecule is CC(=O)N(CCN1CCC(c2ccccc2)C1)[C@@H](CCCSCC(=O)C(F)(F)F)C(N)=O. The molecule has 2 N–H and O–H groups in total. The first-order valence-corrected chi connectivity index (χ1v) is 11.8. The fourth-order valence-corrected chi connectivity index (χ4v) is 4.76. The summed E-state index contributed by atoms with van der Waals surface area (Å²) in [4.78, 5) is 38.8. The number of carbonyl (C=O) groups excluding carboxylic acids is 3. The van der Waals surface area contributed by atoms with Crippen LogP contribution in [0.3, 0.4) is 0 Å². The summed E-state index contributed by atoms with van der Waals surface area (Å²) in [7, 11) is 0. The lowest BCUT2D eigenvalue weighted by Gasteiger charge is -2.30. The van der Waals surface area contributed by atoms with Gasteiger partial charge < -0.3 is 15.5 Å². The molecule has 1 aromatic carbocycles. The standard InChI is InChI=1S/C22H30F3N3O3S/c1-16(29)28(12-11-27-10-9-18(14-27)17-6-3-2-4-7-17)19(21(26)31)8-5-13-32-15-20(30)22(23,24)25/h2-4,6-7,18-19H,5,8-15H2,1H3,(H2,26,31)/t18?,19-/m0/s1. The Labute approximate surface area is 190 Å². The number of primary amides is 1. The number of carbonyl (C=O) groups is 3. The smallest absolute Gasteiger partial charge is 0.368 e. The predicted octanol–water partition coefficient (Wildman–Crippen LogP) is 2.82. The molecule has 0 spiro atoms. The molecule has 1 fully saturated rings. The van der Waals surface area contributed by atoms with Crippen molar-refractivity contribution >= 4 is 29.4 Å². The van der Waals surface area contributed by atoms with Crippen molar-refractivity contribution in [2.75, 3.05) is 37.7 Å². The first kappa shape index (κ1) is 26.2. The largest absolute Gasteiger partial charge is 0.450 e. The molecule has 6 nitrogen and oxygen atoms in total. The van der Waals surface area contributed by atoms with Crippen LogP contribution in [0.4, 0.5) is 13.2 Å². The zero-order chi connectivity index (χ0) is 23.7. The lowest BCUT2D eigenvalue weighted by Crippen LogP contribution is -2.49. The molecule has 2 rings (SSSR count). The van der Waals surface area contributed by atoms with E-state index < -0.39 is 29.7 Å². The van der Waals surface area contributed by atoms with Gasteiger partial charge in [-0.05, 0) is 43.0 Å². The van der Waals surface area contributed by atoms with Crippen LogP contribution in [0.2, 0.25) is 0 Å². The van der Waals surface area contributed by atoms with Crippen LogP contribution in [0.15, 0.2) is 30.3 Å². The molecule has 32 heavy (non-hydrogen) atoms. The monoisotopic (exact) mass is 473 g/mol. The third-order valence-corrected chi connectivity index (χ3v) is 6.67. The van der Waals surface area contributed by atoms with Crippen LogP contribution in [0.25, 0.3) is 0 Å². The number of amides is 2. The molecule has 0 aliphatic carbocycles. The second-order valence-corrected chi connectivity index (χ2v) is 9.05. The van der Waals surface area contributed by atoms with Crippen molar-refractivity contribution < 1.29 is 27.6 Å². The van der Waals surface area contributed by atoms with Crippen LogP contribution in [-0.2, 0) is 14.4 Å². The zero-order valence-corrected chi connectivity index (χ0v) is 19.0. The molecule has 0 saturated carbocycles. The highest BCUT2D eigenvalue weighted by atomic mass is 32.2. The number of Topliss-reactive ketones (excluding diaryl/α,β-unsaturated/α-hetero) is 1. The van der Waals surface area contributed by atoms with Gasteiger partial charge in [-0.1, -0.05) is 30.3 Å². The minimum absolute atomic E-state index is 0.245. The van der Waals surface area contributed by atoms with Crippen molar-refractivity contribution in [3.8, 4) is 0 Å². The summed E-state index contributed by atoms with van der Waals surface area (Å²) in [5.41, 5.74) is 6.81. The Morgan fingerprint density at radius 1 is 1.25 bits per heavy atom. The molecule has 2 atom stereocenters. The van der Waals surface area contributed by atoms with Crippen molar-refractivity contribution in [1.82, 2.24) is 9.80 Å². The number of likely N-dealkylation sites (tertiary alicyclic amines) is 1. The van der Waals surface area contributed by atoms with Gasteiger partial charge in [-0.3, -0.25) is 14.4 Å². The highest BCUT2D eigenvalue weighted by Gasteiger charge is 2.37. The first-order chi connectivity index (χ1) is 15.1. The number of benzene rings is 1. The van der Waals surface area contributed by atoms with E-state index >= 15 is 0 Å². The second-order valence-electron chi connectivity index (χ2n) is 7.94. The van der Waals surface area contributed by atoms with E-state index in [1.54, 1.807) is 0 Å². The van der Waals surface area contributed by atoms with Gasteiger partial charge in [0.25, 0.3) is 0 Å². The van der Waals surface area contributed by atoms with E-state index in [2.05, 4.69) is 17.0 Å². The molecule has 0 aromatic heterocycles. The quantitative estimate of drug-likeness (QED) is 0.472. The maximum absolute atomic E-state index is 12.2. The number of rotatable bonds is 12. The number of nitrogens with zero attached hydrogens (tertiary/aromatic N) is 2. The molecular weight excluding hydrogens is 443 g/mol. The number of alkyl halides is 3. The van der Waals surface area contributed by atoms with E-state index in [0.717, 1.165) is 31.3 Å². The summed E-state index contributed by atoms with van der Waals surface area (Å²) in [6.45, 7) is 4.12. The first-order valence-electron chi connectivity index (χ1n) is 10.6. The molecule has 0 radical (unpaired) electrons. The van der Waals surface area contributed by atoms with Crippen molar-refractivity contribution in [2.45, 2.75) is 44.3 Å². The maximum atomic E-state index is 12.2. The average molecular weight is 474 g/mol. The predicted molar refractivity (Wildman–Crippen MR) is 118 cm³/mol. The van der Waals surface area contributed by atoms with Crippen molar-refractivity contribution in [3.63, 3.8) is 0 Å². The number of thioether (sulfide) groups is 1. The van der Waals surface area contributed by atoms with Gasteiger partial charge in [-0.25, -0.2) is 0 Å². The van der Waals surface area contributed by atoms with Gasteiger partial charge in [-0.15, -0.1) is 0 Å². The third kappa shape index (κ3) is 8.12. The summed E-state index contributed by atoms with van der Waals surface area (Å²) in [5, 5.41) is 0. The molecule has 1 unspecified atom stereocenters. The molecule has 178 valence electrons. The van der Waals surface area contributed by atoms with Gasteiger partial charge in [0.05, 0.1) is 5.75 Å². The van der Waals surface area contributed by atoms with Gasteiger partial charge in [0.2, 0.25) is 17.6 Å². The molecule has 1 saturated heterocycles. The molecule has 10 heteroatoms. The normalized spacial score (nSPS) is 17.8. The number of hydrogen-bond donors (Lipinski definition) is 1. The average Bonchev–Trinajstić information content (AvgIpc) is 3.20. The number of nitrogens with two attached hydrogens (primary N) is 1. The summed E-state index contributed by atoms with van der Waals surface area (Å²) < 4.78 is 36.7. The van der Waals surface area contributed by atoms with Crippen LogP contribution in [0.5, 0.6) is 0 Å². The summed E-state index contributed by atoms with van der Waals surface area (Å²) in [6, 6.07) is 9.42. The summed E-state index contributed by atoms with van der Waals surface area (Å²) in [5.74, 6) is -2.64. The number of halogens is 3. The Kier molecular flexibility index (Phi) is 10.0. The van der Waals surface area contributed by atoms with Crippen molar-refractivity contribution in [1.29, 1.82) is 0 Å². The molecule has 1 aliphatic heterocycles. The Bertz CT molecular complexity index is 777. The van der Waals surface area contributed by atoms with E-state index in [0.29, 0.717) is 25.4 Å². The van der Waals surface area contributed by atoms with E-state index in [1.165, 1.54) is 17.4 Å². The van der Waals surface area contributed by atoms with Crippen molar-refractivity contribution in [3.05, 3.63) is 35.9 Å². The topological polar surface area (TPSA) is 83.7 Å². The Morgan fingerprint density at radius 3 is 2.53 bits per heavy atom. The molecule has 1 aromatic rings. The Hall–Kier alpha value is -2.07. The summed E-state index contributed by atoms with van der Waals surface area (Å²) in [6.07, 6.45) is -3.19. The van der Waals surface area contributed by atoms with Gasteiger partial charge in [0, 0.05) is 26.6 Å². The van der Waals surface area contributed by atoms with Crippen LogP contribution in [0, 0.1) is 0 Å². The van der Waals surface area contributed by atoms with E-state index in [1.807, 2.05) is 18.2 Å². The lowest BCUT2D eigenvalue weighted by atomic mass is 9.99. The maximum Gasteiger partial charge on any atom is 0.450 e. The number of ketones is 1. The Balaban J connectivity index is 1.82. The highest BCUT2D eigenvalue weighted by Crippen LogP contribution is 2.27. The van der Waals surface area contributed by atoms with Gasteiger partial charge in [-0.2, -0.15) is 24.9 Å². The van der Waals surface area contributed by atoms with Gasteiger partial charge >= 0.3 is 6.18 Å². The van der Waals surface area contributed by atoms with Crippen LogP contribution >= 0.6 is 11.8 Å². The number of hydrogen-bond acceptors (Lipinski definition) is 5. The third-order valence-electron chi connectivity index (χ3n) is 5.63. The Morgan fingerprint density at radius 2 is 1.94 bits per heavy atom. The minimum Gasteiger partial charge on any atom is -0.368 e. The second kappa shape index (κ2) is 12.2. The van der Waals surface area contributed by atoms with Crippen LogP contribution in [-0.4, -0.2) is 77.3 Å². The van der Waals surface area contributed by atoms with Crippen LogP contribution in [0.1, 0.15) is 37.7 Å². The van der Waals surface area contributed by atoms with Crippen molar-refractivity contribution in [2.24, 2.45) is 5.73 Å². The molecule has 2 amide bonds. The van der Waals surface area contributed by atoms with E-state index in [9.17, 15) is 27.6 Å². The highest BCUT2D eigenvalue weighted by molar-refractivity contribution is 7.99.